The number of nitrogens with zero attached hydrogens (tertiary/aromatic N) is 1. The van der Waals surface area contributed by atoms with E-state index < -0.39 is 0 Å². The lowest BCUT2D eigenvalue weighted by molar-refractivity contribution is -0.117. The van der Waals surface area contributed by atoms with E-state index in [0.29, 0.717) is 12.0 Å². The van der Waals surface area contributed by atoms with Gasteiger partial charge in [0, 0.05) is 13.0 Å². The standard InChI is InChI=1S/C15H22FNO/c1-12-11-14(6-7-15(12)16)8-10-17(3)9-4-5-13(2)18/h6-7,11H,4-5,8-10H2,1-3H3. The molecule has 0 N–H and O–H groups in total. The van der Waals surface area contributed by atoms with Crippen LogP contribution in [0, 0.1) is 12.7 Å². The molecule has 0 aliphatic rings. The van der Waals surface area contributed by atoms with Crippen LogP contribution in [0.1, 0.15) is 30.9 Å². The minimum absolute atomic E-state index is 0.145. The zero-order valence-corrected chi connectivity index (χ0v) is 11.5. The van der Waals surface area contributed by atoms with Gasteiger partial charge in [-0.1, -0.05) is 12.1 Å². The summed E-state index contributed by atoms with van der Waals surface area (Å²) >= 11 is 0. The number of hydrogen-bond acceptors (Lipinski definition) is 2. The van der Waals surface area contributed by atoms with Crippen molar-refractivity contribution in [3.8, 4) is 0 Å². The first-order chi connectivity index (χ1) is 8.49. The minimum Gasteiger partial charge on any atom is -0.306 e. The first kappa shape index (κ1) is 14.8. The second-order valence-corrected chi connectivity index (χ2v) is 4.94. The Bertz CT molecular complexity index is 403. The third-order valence-electron chi connectivity index (χ3n) is 3.07. The van der Waals surface area contributed by atoms with Crippen molar-refractivity contribution in [2.24, 2.45) is 0 Å². The predicted molar refractivity (Wildman–Crippen MR) is 72.3 cm³/mol. The fourth-order valence-electron chi connectivity index (χ4n) is 1.89. The molecule has 0 radical (unpaired) electrons. The summed E-state index contributed by atoms with van der Waals surface area (Å²) < 4.78 is 13.1. The second kappa shape index (κ2) is 7.27. The van der Waals surface area contributed by atoms with Crippen molar-refractivity contribution < 1.29 is 9.18 Å². The maximum atomic E-state index is 13.1. The van der Waals surface area contributed by atoms with Gasteiger partial charge < -0.3 is 9.69 Å². The number of halogens is 1. The Kier molecular flexibility index (Phi) is 5.99. The molecule has 0 aliphatic heterocycles. The molecular formula is C15H22FNO. The zero-order valence-electron chi connectivity index (χ0n) is 11.5. The van der Waals surface area contributed by atoms with E-state index in [0.717, 1.165) is 31.5 Å². The van der Waals surface area contributed by atoms with E-state index in [1.165, 1.54) is 6.07 Å². The molecule has 0 amide bonds. The smallest absolute Gasteiger partial charge is 0.129 e. The summed E-state index contributed by atoms with van der Waals surface area (Å²) in [6, 6.07) is 5.27. The Hall–Kier alpha value is -1.22. The topological polar surface area (TPSA) is 20.3 Å². The number of carbonyl (C=O) groups is 1. The van der Waals surface area contributed by atoms with E-state index in [-0.39, 0.29) is 11.6 Å². The Balaban J connectivity index is 2.31. The number of benzene rings is 1. The van der Waals surface area contributed by atoms with Gasteiger partial charge in [-0.15, -0.1) is 0 Å². The predicted octanol–water partition coefficient (Wildman–Crippen LogP) is 2.98. The van der Waals surface area contributed by atoms with Gasteiger partial charge in [0.25, 0.3) is 0 Å². The normalized spacial score (nSPS) is 10.9. The van der Waals surface area contributed by atoms with Gasteiger partial charge in [0.05, 0.1) is 0 Å². The van der Waals surface area contributed by atoms with Crippen LogP contribution in [0.25, 0.3) is 0 Å². The number of carbonyl (C=O) groups excluding carboxylic acids is 1. The average molecular weight is 251 g/mol. The van der Waals surface area contributed by atoms with Crippen LogP contribution in [0.15, 0.2) is 18.2 Å². The molecule has 0 bridgehead atoms. The van der Waals surface area contributed by atoms with Crippen LogP contribution in [-0.2, 0) is 11.2 Å². The Morgan fingerprint density at radius 1 is 1.33 bits per heavy atom. The van der Waals surface area contributed by atoms with Gasteiger partial charge in [-0.3, -0.25) is 0 Å². The van der Waals surface area contributed by atoms with Crippen molar-refractivity contribution in [3.05, 3.63) is 35.1 Å². The van der Waals surface area contributed by atoms with Crippen LogP contribution in [0.2, 0.25) is 0 Å². The van der Waals surface area contributed by atoms with E-state index in [2.05, 4.69) is 11.9 Å². The molecule has 18 heavy (non-hydrogen) atoms. The maximum Gasteiger partial charge on any atom is 0.129 e. The monoisotopic (exact) mass is 251 g/mol. The molecule has 2 nitrogen and oxygen atoms in total. The molecule has 1 aromatic carbocycles. The van der Waals surface area contributed by atoms with Crippen molar-refractivity contribution in [2.75, 3.05) is 20.1 Å². The molecule has 0 aromatic heterocycles. The highest BCUT2D eigenvalue weighted by molar-refractivity contribution is 5.75. The summed E-state index contributed by atoms with van der Waals surface area (Å²) in [6.45, 7) is 5.28. The van der Waals surface area contributed by atoms with Gasteiger partial charge in [-0.05, 0) is 57.5 Å². The lowest BCUT2D eigenvalue weighted by atomic mass is 10.1. The highest BCUT2D eigenvalue weighted by Gasteiger charge is 2.03. The highest BCUT2D eigenvalue weighted by atomic mass is 19.1. The van der Waals surface area contributed by atoms with Crippen LogP contribution in [-0.4, -0.2) is 30.8 Å². The number of rotatable bonds is 7. The number of hydrogen-bond donors (Lipinski definition) is 0. The molecule has 1 rings (SSSR count). The molecule has 3 heteroatoms. The van der Waals surface area contributed by atoms with E-state index in [4.69, 9.17) is 0 Å². The van der Waals surface area contributed by atoms with E-state index in [1.54, 1.807) is 13.8 Å². The Morgan fingerprint density at radius 3 is 2.67 bits per heavy atom. The second-order valence-electron chi connectivity index (χ2n) is 4.94. The van der Waals surface area contributed by atoms with Gasteiger partial charge in [0.2, 0.25) is 0 Å². The minimum atomic E-state index is -0.145. The van der Waals surface area contributed by atoms with Crippen LogP contribution in [0.4, 0.5) is 4.39 Å². The number of Topliss-reactive ketones (excluding diaryl/α,β-unsaturated/α-hetero) is 1. The summed E-state index contributed by atoms with van der Waals surface area (Å²) in [5.41, 5.74) is 1.86. The van der Waals surface area contributed by atoms with Crippen LogP contribution in [0.5, 0.6) is 0 Å². The fourth-order valence-corrected chi connectivity index (χ4v) is 1.89. The van der Waals surface area contributed by atoms with Crippen molar-refractivity contribution in [3.63, 3.8) is 0 Å². The zero-order chi connectivity index (χ0) is 13.5. The molecule has 0 aliphatic carbocycles. The molecule has 0 saturated heterocycles. The van der Waals surface area contributed by atoms with Crippen LogP contribution < -0.4 is 0 Å². The Morgan fingerprint density at radius 2 is 2.06 bits per heavy atom. The van der Waals surface area contributed by atoms with Crippen molar-refractivity contribution in [1.29, 1.82) is 0 Å². The number of ketones is 1. The van der Waals surface area contributed by atoms with Crippen molar-refractivity contribution >= 4 is 5.78 Å². The molecule has 100 valence electrons. The lowest BCUT2D eigenvalue weighted by Gasteiger charge is -2.16. The largest absolute Gasteiger partial charge is 0.306 e. The first-order valence-corrected chi connectivity index (χ1v) is 6.42. The van der Waals surface area contributed by atoms with Gasteiger partial charge in [-0.2, -0.15) is 0 Å². The molecule has 0 spiro atoms. The van der Waals surface area contributed by atoms with Gasteiger partial charge in [0.15, 0.2) is 0 Å². The van der Waals surface area contributed by atoms with E-state index in [9.17, 15) is 9.18 Å². The summed E-state index contributed by atoms with van der Waals surface area (Å²) in [5.74, 6) is 0.103. The molecule has 0 fully saturated rings. The molecular weight excluding hydrogens is 229 g/mol. The van der Waals surface area contributed by atoms with Crippen LogP contribution >= 0.6 is 0 Å². The maximum absolute atomic E-state index is 13.1. The molecule has 1 aromatic rings. The summed E-state index contributed by atoms with van der Waals surface area (Å²) in [7, 11) is 2.05. The van der Waals surface area contributed by atoms with Crippen molar-refractivity contribution in [2.45, 2.75) is 33.1 Å². The molecule has 0 unspecified atom stereocenters. The average Bonchev–Trinajstić information content (AvgIpc) is 2.30. The molecule has 0 heterocycles. The number of likely N-dealkylation sites (N-methyl/N-ethyl adjacent to an activating group) is 1. The van der Waals surface area contributed by atoms with E-state index >= 15 is 0 Å². The summed E-state index contributed by atoms with van der Waals surface area (Å²) in [5, 5.41) is 0. The molecule has 0 saturated carbocycles. The van der Waals surface area contributed by atoms with Crippen LogP contribution in [0.3, 0.4) is 0 Å². The Labute approximate surface area is 109 Å². The van der Waals surface area contributed by atoms with E-state index in [1.807, 2.05) is 12.1 Å². The first-order valence-electron chi connectivity index (χ1n) is 6.42. The summed E-state index contributed by atoms with van der Waals surface area (Å²) in [6.07, 6.45) is 2.48. The molecule has 0 atom stereocenters. The summed E-state index contributed by atoms with van der Waals surface area (Å²) in [4.78, 5) is 13.0. The third kappa shape index (κ3) is 5.41. The van der Waals surface area contributed by atoms with Gasteiger partial charge in [-0.25, -0.2) is 4.39 Å². The third-order valence-corrected chi connectivity index (χ3v) is 3.07. The fraction of sp³-hybridized carbons (Fsp3) is 0.533. The van der Waals surface area contributed by atoms with Gasteiger partial charge >= 0.3 is 0 Å². The lowest BCUT2D eigenvalue weighted by Crippen LogP contribution is -2.22. The number of aryl methyl sites for hydroxylation is 1. The quantitative estimate of drug-likeness (QED) is 0.742. The highest BCUT2D eigenvalue weighted by Crippen LogP contribution is 2.10. The van der Waals surface area contributed by atoms with Crippen molar-refractivity contribution in [1.82, 2.24) is 4.90 Å². The SMILES string of the molecule is CC(=O)CCCN(C)CCc1ccc(F)c(C)c1. The van der Waals surface area contributed by atoms with Gasteiger partial charge in [0.1, 0.15) is 11.6 Å².